The molecule has 5 nitrogen and oxygen atoms in total. The molecule has 1 heterocycles. The maximum absolute atomic E-state index is 11.6. The molecule has 2 rings (SSSR count). The van der Waals surface area contributed by atoms with Gasteiger partial charge in [-0.2, -0.15) is 0 Å². The molecular formula is C12H11NO4. The molecule has 1 aliphatic heterocycles. The summed E-state index contributed by atoms with van der Waals surface area (Å²) < 4.78 is 5.00. The molecule has 1 atom stereocenters. The summed E-state index contributed by atoms with van der Waals surface area (Å²) in [5.41, 5.74) is -0.0534. The molecule has 1 aromatic carbocycles. The van der Waals surface area contributed by atoms with Gasteiger partial charge in [0, 0.05) is 12.1 Å². The van der Waals surface area contributed by atoms with Crippen LogP contribution in [-0.4, -0.2) is 22.9 Å². The minimum absolute atomic E-state index is 0.00785. The second kappa shape index (κ2) is 4.10. The number of hydrogen-bond donors (Lipinski definition) is 0. The lowest BCUT2D eigenvalue weighted by Crippen LogP contribution is -2.17. The normalized spacial score (nSPS) is 22.6. The van der Waals surface area contributed by atoms with Crippen molar-refractivity contribution >= 4 is 17.5 Å². The molecule has 1 saturated heterocycles. The second-order valence-corrected chi connectivity index (χ2v) is 4.07. The zero-order valence-electron chi connectivity index (χ0n) is 9.25. The summed E-state index contributed by atoms with van der Waals surface area (Å²) in [7, 11) is 0. The van der Waals surface area contributed by atoms with Crippen molar-refractivity contribution < 1.29 is 14.5 Å². The Kier molecular flexibility index (Phi) is 2.77. The third-order valence-corrected chi connectivity index (χ3v) is 2.61. The fraction of sp³-hybridized carbons (Fsp3) is 0.250. The molecule has 0 aromatic heterocycles. The SMILES string of the molecule is CC1(C(=O)/C=C/c2cccc([N+](=O)[O-])c2)CO1. The number of ether oxygens (including phenoxy) is 1. The van der Waals surface area contributed by atoms with Crippen LogP contribution in [0.1, 0.15) is 12.5 Å². The van der Waals surface area contributed by atoms with Gasteiger partial charge in [-0.05, 0) is 18.6 Å². The number of rotatable bonds is 4. The first-order valence-electron chi connectivity index (χ1n) is 5.12. The number of carbonyl (C=O) groups is 1. The van der Waals surface area contributed by atoms with E-state index >= 15 is 0 Å². The van der Waals surface area contributed by atoms with E-state index in [1.807, 2.05) is 0 Å². The average Bonchev–Trinajstić information content (AvgIpc) is 3.06. The molecule has 0 N–H and O–H groups in total. The Labute approximate surface area is 97.9 Å². The summed E-state index contributed by atoms with van der Waals surface area (Å²) in [5, 5.41) is 10.6. The Hall–Kier alpha value is -2.01. The van der Waals surface area contributed by atoms with E-state index in [4.69, 9.17) is 4.74 Å². The summed E-state index contributed by atoms with van der Waals surface area (Å²) in [4.78, 5) is 21.7. The first-order chi connectivity index (χ1) is 8.01. The van der Waals surface area contributed by atoms with Crippen molar-refractivity contribution in [2.45, 2.75) is 12.5 Å². The number of epoxide rings is 1. The lowest BCUT2D eigenvalue weighted by Gasteiger charge is -1.97. The molecule has 88 valence electrons. The van der Waals surface area contributed by atoms with E-state index in [0.717, 1.165) is 0 Å². The lowest BCUT2D eigenvalue weighted by molar-refractivity contribution is -0.384. The lowest BCUT2D eigenvalue weighted by atomic mass is 10.1. The van der Waals surface area contributed by atoms with Crippen molar-refractivity contribution in [3.8, 4) is 0 Å². The maximum Gasteiger partial charge on any atom is 0.270 e. The van der Waals surface area contributed by atoms with Crippen LogP contribution < -0.4 is 0 Å². The number of nitro benzene ring substituents is 1. The molecule has 1 fully saturated rings. The molecule has 1 aromatic rings. The molecule has 1 unspecified atom stereocenters. The largest absolute Gasteiger partial charge is 0.361 e. The van der Waals surface area contributed by atoms with E-state index in [9.17, 15) is 14.9 Å². The van der Waals surface area contributed by atoms with E-state index in [0.29, 0.717) is 12.2 Å². The molecule has 5 heteroatoms. The van der Waals surface area contributed by atoms with Crippen LogP contribution in [0.25, 0.3) is 6.08 Å². The van der Waals surface area contributed by atoms with Crippen molar-refractivity contribution in [2.24, 2.45) is 0 Å². The highest BCUT2D eigenvalue weighted by atomic mass is 16.6. The van der Waals surface area contributed by atoms with Gasteiger partial charge in [-0.3, -0.25) is 14.9 Å². The molecule has 1 aliphatic rings. The van der Waals surface area contributed by atoms with Gasteiger partial charge in [-0.15, -0.1) is 0 Å². The van der Waals surface area contributed by atoms with Crippen LogP contribution in [0.5, 0.6) is 0 Å². The van der Waals surface area contributed by atoms with Crippen LogP contribution in [-0.2, 0) is 9.53 Å². The van der Waals surface area contributed by atoms with Crippen molar-refractivity contribution in [1.82, 2.24) is 0 Å². The number of carbonyl (C=O) groups excluding carboxylic acids is 1. The van der Waals surface area contributed by atoms with Gasteiger partial charge < -0.3 is 4.74 Å². The summed E-state index contributed by atoms with van der Waals surface area (Å²) in [6.07, 6.45) is 2.95. The van der Waals surface area contributed by atoms with Gasteiger partial charge in [-0.1, -0.05) is 18.2 Å². The van der Waals surface area contributed by atoms with E-state index in [1.165, 1.54) is 18.2 Å². The number of non-ortho nitro benzene ring substituents is 1. The topological polar surface area (TPSA) is 72.7 Å². The predicted octanol–water partition coefficient (Wildman–Crippen LogP) is 1.97. The third kappa shape index (κ3) is 2.57. The minimum Gasteiger partial charge on any atom is -0.361 e. The molecule has 0 amide bonds. The fourth-order valence-corrected chi connectivity index (χ4v) is 1.34. The van der Waals surface area contributed by atoms with E-state index < -0.39 is 10.5 Å². The number of nitro groups is 1. The molecule has 0 spiro atoms. The zero-order chi connectivity index (χ0) is 12.5. The Balaban J connectivity index is 2.13. The van der Waals surface area contributed by atoms with Crippen LogP contribution in [0.4, 0.5) is 5.69 Å². The van der Waals surface area contributed by atoms with Crippen LogP contribution in [0.3, 0.4) is 0 Å². The molecule has 17 heavy (non-hydrogen) atoms. The summed E-state index contributed by atoms with van der Waals surface area (Å²) in [6, 6.07) is 6.11. The van der Waals surface area contributed by atoms with Crippen molar-refractivity contribution in [3.05, 3.63) is 46.0 Å². The summed E-state index contributed by atoms with van der Waals surface area (Å²) >= 11 is 0. The van der Waals surface area contributed by atoms with E-state index in [1.54, 1.807) is 25.1 Å². The highest BCUT2D eigenvalue weighted by molar-refractivity contribution is 6.01. The Morgan fingerprint density at radius 2 is 2.29 bits per heavy atom. The highest BCUT2D eigenvalue weighted by Gasteiger charge is 2.45. The minimum atomic E-state index is -0.683. The van der Waals surface area contributed by atoms with Gasteiger partial charge in [0.1, 0.15) is 0 Å². The predicted molar refractivity (Wildman–Crippen MR) is 61.5 cm³/mol. The van der Waals surface area contributed by atoms with Gasteiger partial charge in [0.15, 0.2) is 11.4 Å². The average molecular weight is 233 g/mol. The Bertz CT molecular complexity index is 503. The van der Waals surface area contributed by atoms with Gasteiger partial charge in [0.2, 0.25) is 0 Å². The number of nitrogens with zero attached hydrogens (tertiary/aromatic N) is 1. The van der Waals surface area contributed by atoms with Crippen molar-refractivity contribution in [2.75, 3.05) is 6.61 Å². The van der Waals surface area contributed by atoms with Crippen LogP contribution in [0.15, 0.2) is 30.3 Å². The smallest absolute Gasteiger partial charge is 0.270 e. The number of benzene rings is 1. The second-order valence-electron chi connectivity index (χ2n) is 4.07. The van der Waals surface area contributed by atoms with E-state index in [-0.39, 0.29) is 11.5 Å². The van der Waals surface area contributed by atoms with Crippen molar-refractivity contribution in [1.29, 1.82) is 0 Å². The molecule has 0 saturated carbocycles. The molecular weight excluding hydrogens is 222 g/mol. The first kappa shape index (κ1) is 11.5. The van der Waals surface area contributed by atoms with Gasteiger partial charge in [0.25, 0.3) is 5.69 Å². The van der Waals surface area contributed by atoms with E-state index in [2.05, 4.69) is 0 Å². The van der Waals surface area contributed by atoms with Crippen LogP contribution >= 0.6 is 0 Å². The maximum atomic E-state index is 11.6. The quantitative estimate of drug-likeness (QED) is 0.345. The summed E-state index contributed by atoms with van der Waals surface area (Å²) in [5.74, 6) is -0.121. The van der Waals surface area contributed by atoms with Gasteiger partial charge >= 0.3 is 0 Å². The zero-order valence-corrected chi connectivity index (χ0v) is 9.25. The van der Waals surface area contributed by atoms with Gasteiger partial charge in [-0.25, -0.2) is 0 Å². The van der Waals surface area contributed by atoms with Crippen molar-refractivity contribution in [3.63, 3.8) is 0 Å². The monoisotopic (exact) mass is 233 g/mol. The summed E-state index contributed by atoms with van der Waals surface area (Å²) in [6.45, 7) is 2.15. The highest BCUT2D eigenvalue weighted by Crippen LogP contribution is 2.27. The van der Waals surface area contributed by atoms with Gasteiger partial charge in [0.05, 0.1) is 11.5 Å². The Morgan fingerprint density at radius 3 is 2.88 bits per heavy atom. The molecule has 0 radical (unpaired) electrons. The van der Waals surface area contributed by atoms with Crippen LogP contribution in [0.2, 0.25) is 0 Å². The number of hydrogen-bond acceptors (Lipinski definition) is 4. The Morgan fingerprint density at radius 1 is 1.59 bits per heavy atom. The number of ketones is 1. The molecule has 0 bridgehead atoms. The fourth-order valence-electron chi connectivity index (χ4n) is 1.34. The standard InChI is InChI=1S/C12H11NO4/c1-12(8-17-12)11(14)6-5-9-3-2-4-10(7-9)13(15)16/h2-7H,8H2,1H3/b6-5+. The third-order valence-electron chi connectivity index (χ3n) is 2.61. The first-order valence-corrected chi connectivity index (χ1v) is 5.12. The van der Waals surface area contributed by atoms with Crippen LogP contribution in [0, 0.1) is 10.1 Å². The molecule has 0 aliphatic carbocycles.